The van der Waals surface area contributed by atoms with Crippen molar-refractivity contribution in [1.29, 1.82) is 0 Å². The maximum Gasteiger partial charge on any atom is 0.211 e. The molecular formula is C13H25N3O2S2. The fourth-order valence-corrected chi connectivity index (χ4v) is 3.56. The molecule has 0 saturated heterocycles. The van der Waals surface area contributed by atoms with Gasteiger partial charge in [0, 0.05) is 18.3 Å². The van der Waals surface area contributed by atoms with E-state index in [9.17, 15) is 8.42 Å². The van der Waals surface area contributed by atoms with Gasteiger partial charge >= 0.3 is 0 Å². The molecule has 20 heavy (non-hydrogen) atoms. The molecule has 116 valence electrons. The number of sulfonamides is 1. The second-order valence-electron chi connectivity index (χ2n) is 4.78. The van der Waals surface area contributed by atoms with Crippen LogP contribution in [0.1, 0.15) is 36.9 Å². The summed E-state index contributed by atoms with van der Waals surface area (Å²) in [5.74, 6) is 0.205. The van der Waals surface area contributed by atoms with Crippen LogP contribution in [-0.4, -0.2) is 38.8 Å². The summed E-state index contributed by atoms with van der Waals surface area (Å²) < 4.78 is 26.2. The van der Waals surface area contributed by atoms with Crippen LogP contribution in [0, 0.1) is 6.92 Å². The molecule has 0 fully saturated rings. The molecule has 1 rings (SSSR count). The van der Waals surface area contributed by atoms with Gasteiger partial charge in [-0.2, -0.15) is 0 Å². The smallest absolute Gasteiger partial charge is 0.211 e. The Morgan fingerprint density at radius 1 is 1.25 bits per heavy atom. The fraction of sp³-hybridized carbons (Fsp3) is 0.769. The lowest BCUT2D eigenvalue weighted by Gasteiger charge is -2.06. The summed E-state index contributed by atoms with van der Waals surface area (Å²) >= 11 is 1.59. The average molecular weight is 319 g/mol. The third kappa shape index (κ3) is 7.94. The number of hydrogen-bond acceptors (Lipinski definition) is 5. The van der Waals surface area contributed by atoms with E-state index in [4.69, 9.17) is 0 Å². The van der Waals surface area contributed by atoms with Crippen LogP contribution in [-0.2, 0) is 16.4 Å². The number of thiazole rings is 1. The molecule has 0 aromatic carbocycles. The minimum absolute atomic E-state index is 0.205. The largest absolute Gasteiger partial charge is 0.317 e. The van der Waals surface area contributed by atoms with Gasteiger partial charge in [-0.15, -0.1) is 11.3 Å². The molecule has 1 aromatic heterocycles. The molecule has 0 unspecified atom stereocenters. The Balaban J connectivity index is 2.11. The van der Waals surface area contributed by atoms with Gasteiger partial charge in [0.2, 0.25) is 10.0 Å². The first kappa shape index (κ1) is 17.6. The second kappa shape index (κ2) is 9.44. The van der Waals surface area contributed by atoms with E-state index >= 15 is 0 Å². The Hall–Kier alpha value is -0.500. The SMILES string of the molecule is CCCNCCCCS(=O)(=O)NCCc1csc(C)n1. The van der Waals surface area contributed by atoms with Gasteiger partial charge in [0.05, 0.1) is 16.5 Å². The summed E-state index contributed by atoms with van der Waals surface area (Å²) in [4.78, 5) is 4.31. The number of hydrogen-bond donors (Lipinski definition) is 2. The molecule has 0 amide bonds. The minimum atomic E-state index is -3.14. The average Bonchev–Trinajstić information content (AvgIpc) is 2.79. The Labute approximate surface area is 126 Å². The van der Waals surface area contributed by atoms with Crippen molar-refractivity contribution in [3.8, 4) is 0 Å². The summed E-state index contributed by atoms with van der Waals surface area (Å²) in [6, 6.07) is 0. The van der Waals surface area contributed by atoms with Crippen LogP contribution >= 0.6 is 11.3 Å². The molecule has 7 heteroatoms. The summed E-state index contributed by atoms with van der Waals surface area (Å²) in [7, 11) is -3.14. The molecule has 0 aliphatic rings. The monoisotopic (exact) mass is 319 g/mol. The highest BCUT2D eigenvalue weighted by Crippen LogP contribution is 2.07. The fourth-order valence-electron chi connectivity index (χ4n) is 1.77. The zero-order chi connectivity index (χ0) is 14.8. The molecule has 2 N–H and O–H groups in total. The van der Waals surface area contributed by atoms with Gasteiger partial charge in [-0.3, -0.25) is 0 Å². The molecular weight excluding hydrogens is 294 g/mol. The first-order chi connectivity index (χ1) is 9.53. The molecule has 0 spiro atoms. The van der Waals surface area contributed by atoms with E-state index in [-0.39, 0.29) is 5.75 Å². The van der Waals surface area contributed by atoms with Crippen molar-refractivity contribution in [2.45, 2.75) is 39.5 Å². The number of aromatic nitrogens is 1. The van der Waals surface area contributed by atoms with Crippen molar-refractivity contribution in [3.05, 3.63) is 16.1 Å². The number of nitrogens with zero attached hydrogens (tertiary/aromatic N) is 1. The molecule has 1 heterocycles. The second-order valence-corrected chi connectivity index (χ2v) is 7.77. The van der Waals surface area contributed by atoms with Crippen molar-refractivity contribution >= 4 is 21.4 Å². The lowest BCUT2D eigenvalue weighted by Crippen LogP contribution is -2.29. The zero-order valence-corrected chi connectivity index (χ0v) is 13.9. The van der Waals surface area contributed by atoms with E-state index in [0.29, 0.717) is 19.4 Å². The molecule has 0 atom stereocenters. The quantitative estimate of drug-likeness (QED) is 0.609. The maximum absolute atomic E-state index is 11.8. The number of aryl methyl sites for hydroxylation is 1. The maximum atomic E-state index is 11.8. The summed E-state index contributed by atoms with van der Waals surface area (Å²) in [5, 5.41) is 6.26. The molecule has 0 bridgehead atoms. The highest BCUT2D eigenvalue weighted by molar-refractivity contribution is 7.89. The van der Waals surface area contributed by atoms with Gasteiger partial charge in [-0.05, 0) is 39.3 Å². The number of nitrogens with one attached hydrogen (secondary N) is 2. The molecule has 1 aromatic rings. The highest BCUT2D eigenvalue weighted by Gasteiger charge is 2.09. The normalized spacial score (nSPS) is 11.9. The van der Waals surface area contributed by atoms with Crippen molar-refractivity contribution < 1.29 is 8.42 Å². The molecule has 0 radical (unpaired) electrons. The third-order valence-electron chi connectivity index (χ3n) is 2.81. The van der Waals surface area contributed by atoms with E-state index < -0.39 is 10.0 Å². The van der Waals surface area contributed by atoms with Crippen molar-refractivity contribution in [2.24, 2.45) is 0 Å². The Kier molecular flexibility index (Phi) is 8.28. The summed E-state index contributed by atoms with van der Waals surface area (Å²) in [5.41, 5.74) is 0.957. The van der Waals surface area contributed by atoms with Crippen LogP contribution in [0.5, 0.6) is 0 Å². The summed E-state index contributed by atoms with van der Waals surface area (Å²) in [6.07, 6.45) is 3.35. The van der Waals surface area contributed by atoms with Gasteiger partial charge in [0.15, 0.2) is 0 Å². The predicted octanol–water partition coefficient (Wildman–Crippen LogP) is 1.69. The topological polar surface area (TPSA) is 71.1 Å². The van der Waals surface area contributed by atoms with Crippen molar-refractivity contribution in [1.82, 2.24) is 15.0 Å². The van der Waals surface area contributed by atoms with Gasteiger partial charge in [-0.1, -0.05) is 6.92 Å². The van der Waals surface area contributed by atoms with Gasteiger partial charge in [0.1, 0.15) is 0 Å². The molecule has 5 nitrogen and oxygen atoms in total. The number of unbranched alkanes of at least 4 members (excludes halogenated alkanes) is 1. The van der Waals surface area contributed by atoms with E-state index in [1.807, 2.05) is 12.3 Å². The van der Waals surface area contributed by atoms with Gasteiger partial charge < -0.3 is 5.32 Å². The standard InChI is InChI=1S/C13H25N3O2S2/c1-3-7-14-8-4-5-10-20(17,18)15-9-6-13-11-19-12(2)16-13/h11,14-15H,3-10H2,1-2H3. The predicted molar refractivity (Wildman–Crippen MR) is 84.7 cm³/mol. The van der Waals surface area contributed by atoms with Crippen LogP contribution in [0.15, 0.2) is 5.38 Å². The minimum Gasteiger partial charge on any atom is -0.317 e. The Morgan fingerprint density at radius 3 is 2.70 bits per heavy atom. The summed E-state index contributed by atoms with van der Waals surface area (Å²) in [6.45, 7) is 6.38. The van der Waals surface area contributed by atoms with E-state index in [0.717, 1.165) is 36.6 Å². The Morgan fingerprint density at radius 2 is 2.05 bits per heavy atom. The van der Waals surface area contributed by atoms with Crippen LogP contribution in [0.25, 0.3) is 0 Å². The van der Waals surface area contributed by atoms with Gasteiger partial charge in [0.25, 0.3) is 0 Å². The first-order valence-corrected chi connectivity index (χ1v) is 9.66. The Bertz CT molecular complexity index is 472. The molecule has 0 aliphatic carbocycles. The number of rotatable bonds is 11. The van der Waals surface area contributed by atoms with E-state index in [1.54, 1.807) is 11.3 Å². The highest BCUT2D eigenvalue weighted by atomic mass is 32.2. The van der Waals surface area contributed by atoms with Crippen LogP contribution in [0.2, 0.25) is 0 Å². The first-order valence-electron chi connectivity index (χ1n) is 7.12. The molecule has 0 aliphatic heterocycles. The van der Waals surface area contributed by atoms with E-state index in [2.05, 4.69) is 21.9 Å². The zero-order valence-electron chi connectivity index (χ0n) is 12.3. The van der Waals surface area contributed by atoms with Crippen molar-refractivity contribution in [3.63, 3.8) is 0 Å². The lowest BCUT2D eigenvalue weighted by molar-refractivity contribution is 0.572. The van der Waals surface area contributed by atoms with Crippen LogP contribution < -0.4 is 10.0 Å². The van der Waals surface area contributed by atoms with Crippen LogP contribution in [0.3, 0.4) is 0 Å². The van der Waals surface area contributed by atoms with Crippen molar-refractivity contribution in [2.75, 3.05) is 25.4 Å². The van der Waals surface area contributed by atoms with Gasteiger partial charge in [-0.25, -0.2) is 18.1 Å². The van der Waals surface area contributed by atoms with E-state index in [1.165, 1.54) is 0 Å². The third-order valence-corrected chi connectivity index (χ3v) is 5.11. The van der Waals surface area contributed by atoms with Crippen LogP contribution in [0.4, 0.5) is 0 Å². The molecule has 0 saturated carbocycles. The lowest BCUT2D eigenvalue weighted by atomic mass is 10.3.